The molecule has 0 saturated carbocycles. The molecule has 0 aliphatic heterocycles. The predicted octanol–water partition coefficient (Wildman–Crippen LogP) is 15.1. The lowest BCUT2D eigenvalue weighted by Gasteiger charge is -2.44. The van der Waals surface area contributed by atoms with Gasteiger partial charge in [-0.25, -0.2) is 5.11 Å². The van der Waals surface area contributed by atoms with Gasteiger partial charge in [-0.3, -0.25) is 0 Å². The van der Waals surface area contributed by atoms with Gasteiger partial charge in [0.15, 0.2) is 13.0 Å². The van der Waals surface area contributed by atoms with Crippen LogP contribution in [0.5, 0.6) is 0 Å². The van der Waals surface area contributed by atoms with Crippen molar-refractivity contribution in [3.63, 3.8) is 0 Å². The average molecular weight is 985 g/mol. The quantitative estimate of drug-likeness (QED) is 0.231. The molecule has 1 rings (SSSR count). The highest BCUT2D eigenvalue weighted by Crippen LogP contribution is 2.67. The van der Waals surface area contributed by atoms with Gasteiger partial charge in [-0.05, 0) is 40.8 Å². The summed E-state index contributed by atoms with van der Waals surface area (Å²) in [4.78, 5) is 0. The first-order valence-electron chi connectivity index (χ1n) is 9.51. The minimum Gasteiger partial charge on any atom is -0.228 e. The molecule has 1 aromatic carbocycles. The summed E-state index contributed by atoms with van der Waals surface area (Å²) < 4.78 is -24.2. The summed E-state index contributed by atoms with van der Waals surface area (Å²) in [6.07, 6.45) is -2.02. The predicted molar refractivity (Wildman–Crippen MR) is 184 cm³/mol. The first kappa shape index (κ1) is 43.3. The molecule has 0 amide bonds. The highest BCUT2D eigenvalue weighted by Gasteiger charge is 2.66. The summed E-state index contributed by atoms with van der Waals surface area (Å²) >= 11 is 131. The van der Waals surface area contributed by atoms with Gasteiger partial charge in [0.2, 0.25) is 24.4 Å². The molecule has 0 saturated heterocycles. The maximum Gasteiger partial charge on any atom is 0.226 e. The first-order chi connectivity index (χ1) is 17.2. The van der Waals surface area contributed by atoms with E-state index in [0.29, 0.717) is 0 Å². The average Bonchev–Trinajstić information content (AvgIpc) is 2.74. The van der Waals surface area contributed by atoms with Crippen molar-refractivity contribution >= 4 is 244 Å². The van der Waals surface area contributed by atoms with E-state index in [9.17, 15) is 5.11 Å². The zero-order valence-corrected chi connectivity index (χ0v) is 34.2. The monoisotopic (exact) mass is 974 g/mol. The summed E-state index contributed by atoms with van der Waals surface area (Å²) in [6, 6.07) is 1.91. The van der Waals surface area contributed by atoms with Crippen molar-refractivity contribution in [1.29, 1.82) is 0 Å². The van der Waals surface area contributed by atoms with Crippen LogP contribution in [0.1, 0.15) is 41.7 Å². The van der Waals surface area contributed by atoms with Crippen LogP contribution >= 0.6 is 244 Å². The Morgan fingerprint density at radius 3 is 0.975 bits per heavy atom. The van der Waals surface area contributed by atoms with Crippen LogP contribution in [-0.4, -0.2) is 24.4 Å². The van der Waals surface area contributed by atoms with E-state index < -0.39 is 65.7 Å². The second-order valence-corrected chi connectivity index (χ2v) is 22.6. The normalized spacial score (nSPS) is 16.4. The van der Waals surface area contributed by atoms with E-state index in [4.69, 9.17) is 244 Å². The van der Waals surface area contributed by atoms with Gasteiger partial charge in [-0.1, -0.05) is 251 Å². The molecule has 1 aromatic rings. The first-order valence-corrected chi connectivity index (χ1v) is 17.5. The molecule has 1 radical (unpaired) electrons. The zero-order valence-electron chi connectivity index (χ0n) is 18.3. The Hall–Kier alpha value is 5.27. The van der Waals surface area contributed by atoms with Crippen LogP contribution in [0.15, 0.2) is 12.1 Å². The van der Waals surface area contributed by atoms with Gasteiger partial charge in [0.25, 0.3) is 0 Å². The number of hydrogen-bond donors (Lipinski definition) is 0. The molecular formula is C18H8Cl21O. The fraction of sp³-hybridized carbons (Fsp3) is 0.667. The van der Waals surface area contributed by atoms with Crippen molar-refractivity contribution in [3.05, 3.63) is 34.4 Å². The van der Waals surface area contributed by atoms with Crippen LogP contribution in [-0.2, 0) is 18.1 Å². The van der Waals surface area contributed by atoms with E-state index >= 15 is 0 Å². The summed E-state index contributed by atoms with van der Waals surface area (Å²) in [6.45, 7) is 1.46. The fourth-order valence-corrected chi connectivity index (χ4v) is 7.42. The number of hydrogen-bond acceptors (Lipinski definition) is 0. The van der Waals surface area contributed by atoms with Gasteiger partial charge in [0, 0.05) is 0 Å². The lowest BCUT2D eigenvalue weighted by Crippen LogP contribution is -2.49. The van der Waals surface area contributed by atoms with E-state index in [2.05, 4.69) is 0 Å². The minimum absolute atomic E-state index is 0.195. The fourth-order valence-electron chi connectivity index (χ4n) is 2.96. The molecule has 1 atom stereocenters. The zero-order chi connectivity index (χ0) is 32.5. The van der Waals surface area contributed by atoms with Crippen molar-refractivity contribution < 1.29 is 5.11 Å². The van der Waals surface area contributed by atoms with E-state index in [-0.39, 0.29) is 6.42 Å². The maximum absolute atomic E-state index is 13.5. The van der Waals surface area contributed by atoms with Crippen molar-refractivity contribution in [2.75, 3.05) is 0 Å². The Morgan fingerprint density at radius 2 is 0.750 bits per heavy atom. The molecule has 0 fully saturated rings. The van der Waals surface area contributed by atoms with Gasteiger partial charge < -0.3 is 0 Å². The third-order valence-corrected chi connectivity index (χ3v) is 17.0. The number of rotatable bonds is 8. The molecular weight excluding hydrogens is 977 g/mol. The van der Waals surface area contributed by atoms with Gasteiger partial charge in [-0.2, -0.15) is 0 Å². The molecule has 1 unspecified atom stereocenters. The Labute approximate surface area is 335 Å². The van der Waals surface area contributed by atoms with E-state index in [1.807, 2.05) is 0 Å². The van der Waals surface area contributed by atoms with Gasteiger partial charge in [0.1, 0.15) is 6.10 Å². The molecule has 40 heavy (non-hydrogen) atoms. The lowest BCUT2D eigenvalue weighted by atomic mass is 9.86. The Balaban J connectivity index is 4.62. The number of halogens is 21. The number of alkyl halides is 21. The molecule has 22 heteroatoms. The van der Waals surface area contributed by atoms with Crippen LogP contribution in [0.3, 0.4) is 0 Å². The largest absolute Gasteiger partial charge is 0.228 e. The van der Waals surface area contributed by atoms with E-state index in [1.54, 1.807) is 0 Å². The number of benzene rings is 1. The van der Waals surface area contributed by atoms with Crippen LogP contribution in [0.4, 0.5) is 0 Å². The maximum atomic E-state index is 13.5. The van der Waals surface area contributed by atoms with Crippen molar-refractivity contribution in [1.82, 2.24) is 0 Å². The summed E-state index contributed by atoms with van der Waals surface area (Å²) in [7, 11) is 0. The van der Waals surface area contributed by atoms with E-state index in [0.717, 1.165) is 12.1 Å². The van der Waals surface area contributed by atoms with Crippen LogP contribution in [0.25, 0.3) is 0 Å². The third-order valence-electron chi connectivity index (χ3n) is 5.16. The highest BCUT2D eigenvalue weighted by atomic mass is 35.6. The van der Waals surface area contributed by atoms with Crippen molar-refractivity contribution in [2.45, 2.75) is 56.8 Å². The molecule has 233 valence electrons. The summed E-state index contributed by atoms with van der Waals surface area (Å²) in [5.41, 5.74) is -2.03. The topological polar surface area (TPSA) is 19.9 Å². The molecule has 0 bridgehead atoms. The van der Waals surface area contributed by atoms with Crippen molar-refractivity contribution in [2.24, 2.45) is 0 Å². The van der Waals surface area contributed by atoms with E-state index in [1.165, 1.54) is 6.92 Å². The Bertz CT molecular complexity index is 1020. The second-order valence-electron chi connectivity index (χ2n) is 7.82. The van der Waals surface area contributed by atoms with Crippen LogP contribution in [0.2, 0.25) is 0 Å². The van der Waals surface area contributed by atoms with Crippen LogP contribution in [0, 0.1) is 0 Å². The van der Waals surface area contributed by atoms with Gasteiger partial charge >= 0.3 is 0 Å². The van der Waals surface area contributed by atoms with Gasteiger partial charge in [-0.15, -0.1) is 0 Å². The molecule has 0 aliphatic carbocycles. The third kappa shape index (κ3) is 7.85. The standard InChI is InChI=1S/C18H8Cl21O/c1-2-8(40)9-6(11(21,22)14(27,28)17(34,35)36)3-5(10(19,20)13(25,26)16(31,32)33)4-7(9)12(23,24)15(29,30)18(37,38)39/h3-4,8H,2H2,1H3. The molecule has 0 spiro atoms. The van der Waals surface area contributed by atoms with Crippen molar-refractivity contribution in [3.8, 4) is 0 Å². The Morgan fingerprint density at radius 1 is 0.500 bits per heavy atom. The Kier molecular flexibility index (Phi) is 15.0. The van der Waals surface area contributed by atoms with Gasteiger partial charge in [0.05, 0.1) is 0 Å². The van der Waals surface area contributed by atoms with Crippen LogP contribution < -0.4 is 0 Å². The summed E-state index contributed by atoms with van der Waals surface area (Å²) in [5, 5.41) is 13.5. The highest BCUT2D eigenvalue weighted by molar-refractivity contribution is 6.80. The smallest absolute Gasteiger partial charge is 0.226 e. The molecule has 0 heterocycles. The SMILES string of the molecule is CCC([O])c1c(C(Cl)(Cl)C(Cl)(Cl)C(Cl)(Cl)Cl)cc(C(Cl)(Cl)C(Cl)(Cl)C(Cl)(Cl)Cl)cc1C(Cl)(Cl)C(Cl)(Cl)C(Cl)(Cl)Cl. The second kappa shape index (κ2) is 13.9. The molecule has 1 nitrogen and oxygen atoms in total. The minimum atomic E-state index is -2.75. The summed E-state index contributed by atoms with van der Waals surface area (Å²) in [5.74, 6) is 0. The molecule has 0 N–H and O–H groups in total. The molecule has 0 aromatic heterocycles. The molecule has 0 aliphatic rings. The lowest BCUT2D eigenvalue weighted by molar-refractivity contribution is 0.0835.